The first-order chi connectivity index (χ1) is 12.1. The van der Waals surface area contributed by atoms with E-state index in [1.165, 1.54) is 5.56 Å². The number of hydrogen-bond acceptors (Lipinski definition) is 5. The SMILES string of the molecule is Cc1ccc(OCCN(C)C(=O)Cc2csc(-c3ccsc3)n2)cc1. The van der Waals surface area contributed by atoms with E-state index in [-0.39, 0.29) is 5.91 Å². The maximum atomic E-state index is 12.3. The van der Waals surface area contributed by atoms with Crippen LogP contribution in [0.2, 0.25) is 0 Å². The first kappa shape index (κ1) is 17.6. The van der Waals surface area contributed by atoms with Gasteiger partial charge in [-0.2, -0.15) is 11.3 Å². The van der Waals surface area contributed by atoms with Crippen molar-refractivity contribution in [3.05, 3.63) is 57.7 Å². The van der Waals surface area contributed by atoms with Gasteiger partial charge in [-0.3, -0.25) is 4.79 Å². The average molecular weight is 373 g/mol. The minimum atomic E-state index is 0.0506. The Kier molecular flexibility index (Phi) is 5.83. The van der Waals surface area contributed by atoms with Crippen molar-refractivity contribution < 1.29 is 9.53 Å². The zero-order chi connectivity index (χ0) is 17.6. The van der Waals surface area contributed by atoms with Gasteiger partial charge in [0.2, 0.25) is 5.91 Å². The second-order valence-corrected chi connectivity index (χ2v) is 7.45. The van der Waals surface area contributed by atoms with Gasteiger partial charge in [0.05, 0.1) is 18.7 Å². The number of aromatic nitrogens is 1. The Balaban J connectivity index is 1.47. The molecule has 0 spiro atoms. The molecule has 2 heterocycles. The molecule has 0 radical (unpaired) electrons. The summed E-state index contributed by atoms with van der Waals surface area (Å²) in [6.07, 6.45) is 0.321. The van der Waals surface area contributed by atoms with Crippen LogP contribution in [0.25, 0.3) is 10.6 Å². The van der Waals surface area contributed by atoms with E-state index in [1.807, 2.05) is 48.0 Å². The van der Waals surface area contributed by atoms with Gasteiger partial charge in [0, 0.05) is 23.4 Å². The Bertz CT molecular complexity index is 810. The van der Waals surface area contributed by atoms with E-state index >= 15 is 0 Å². The molecule has 0 aliphatic rings. The number of nitrogens with zero attached hydrogens (tertiary/aromatic N) is 2. The lowest BCUT2D eigenvalue weighted by molar-refractivity contribution is -0.129. The van der Waals surface area contributed by atoms with Crippen LogP contribution < -0.4 is 4.74 Å². The summed E-state index contributed by atoms with van der Waals surface area (Å²) in [5.74, 6) is 0.876. The van der Waals surface area contributed by atoms with E-state index < -0.39 is 0 Å². The number of carbonyl (C=O) groups is 1. The van der Waals surface area contributed by atoms with Gasteiger partial charge in [-0.25, -0.2) is 4.98 Å². The van der Waals surface area contributed by atoms with Crippen LogP contribution in [0.5, 0.6) is 5.75 Å². The lowest BCUT2D eigenvalue weighted by Gasteiger charge is -2.17. The summed E-state index contributed by atoms with van der Waals surface area (Å²) in [6, 6.07) is 9.95. The second kappa shape index (κ2) is 8.27. The molecule has 0 aliphatic carbocycles. The van der Waals surface area contributed by atoms with Crippen LogP contribution in [-0.4, -0.2) is 36.0 Å². The molecule has 0 unspecified atom stereocenters. The first-order valence-corrected chi connectivity index (χ1v) is 9.84. The fourth-order valence-electron chi connectivity index (χ4n) is 2.26. The van der Waals surface area contributed by atoms with Crippen molar-refractivity contribution >= 4 is 28.6 Å². The molecule has 6 heteroatoms. The van der Waals surface area contributed by atoms with E-state index in [2.05, 4.69) is 10.4 Å². The number of aryl methyl sites for hydroxylation is 1. The fourth-order valence-corrected chi connectivity index (χ4v) is 3.79. The summed E-state index contributed by atoms with van der Waals surface area (Å²) in [7, 11) is 1.80. The van der Waals surface area contributed by atoms with Gasteiger partial charge >= 0.3 is 0 Å². The number of amides is 1. The molecule has 0 saturated heterocycles. The monoisotopic (exact) mass is 372 g/mol. The van der Waals surface area contributed by atoms with Crippen LogP contribution in [0.15, 0.2) is 46.5 Å². The third-order valence-corrected chi connectivity index (χ3v) is 5.42. The summed E-state index contributed by atoms with van der Waals surface area (Å²) in [5.41, 5.74) is 3.14. The first-order valence-electron chi connectivity index (χ1n) is 8.02. The predicted octanol–water partition coefficient (Wildman–Crippen LogP) is 4.26. The molecule has 0 bridgehead atoms. The second-order valence-electron chi connectivity index (χ2n) is 5.81. The molecular formula is C19H20N2O2S2. The van der Waals surface area contributed by atoms with E-state index in [4.69, 9.17) is 4.74 Å². The molecular weight excluding hydrogens is 352 g/mol. The van der Waals surface area contributed by atoms with Gasteiger partial charge in [-0.05, 0) is 30.5 Å². The average Bonchev–Trinajstić information content (AvgIpc) is 3.27. The third kappa shape index (κ3) is 4.90. The van der Waals surface area contributed by atoms with Crippen molar-refractivity contribution in [1.29, 1.82) is 0 Å². The van der Waals surface area contributed by atoms with E-state index in [1.54, 1.807) is 34.6 Å². The van der Waals surface area contributed by atoms with E-state index in [0.717, 1.165) is 22.0 Å². The van der Waals surface area contributed by atoms with Crippen LogP contribution in [-0.2, 0) is 11.2 Å². The Labute approximate surface area is 155 Å². The summed E-state index contributed by atoms with van der Waals surface area (Å²) in [4.78, 5) is 18.6. The minimum absolute atomic E-state index is 0.0506. The molecule has 130 valence electrons. The van der Waals surface area contributed by atoms with Crippen molar-refractivity contribution in [2.24, 2.45) is 0 Å². The van der Waals surface area contributed by atoms with Crippen molar-refractivity contribution in [1.82, 2.24) is 9.88 Å². The predicted molar refractivity (Wildman–Crippen MR) is 103 cm³/mol. The number of likely N-dealkylation sites (N-methyl/N-ethyl adjacent to an activating group) is 1. The summed E-state index contributed by atoms with van der Waals surface area (Å²) < 4.78 is 5.68. The molecule has 0 saturated carbocycles. The Morgan fingerprint density at radius 3 is 2.72 bits per heavy atom. The van der Waals surface area contributed by atoms with Crippen molar-refractivity contribution in [3.63, 3.8) is 0 Å². The van der Waals surface area contributed by atoms with E-state index in [0.29, 0.717) is 19.6 Å². The molecule has 2 aromatic heterocycles. The van der Waals surface area contributed by atoms with Gasteiger partial charge in [0.15, 0.2) is 0 Å². The minimum Gasteiger partial charge on any atom is -0.492 e. The number of carbonyl (C=O) groups excluding carboxylic acids is 1. The zero-order valence-corrected chi connectivity index (χ0v) is 15.9. The highest BCUT2D eigenvalue weighted by molar-refractivity contribution is 7.14. The summed E-state index contributed by atoms with van der Waals surface area (Å²) in [6.45, 7) is 3.06. The molecule has 1 amide bonds. The number of ether oxygens (including phenoxy) is 1. The van der Waals surface area contributed by atoms with Crippen molar-refractivity contribution in [2.75, 3.05) is 20.2 Å². The van der Waals surface area contributed by atoms with Gasteiger partial charge in [-0.1, -0.05) is 17.7 Å². The highest BCUT2D eigenvalue weighted by Crippen LogP contribution is 2.25. The number of hydrogen-bond donors (Lipinski definition) is 0. The fraction of sp³-hybridized carbons (Fsp3) is 0.263. The highest BCUT2D eigenvalue weighted by atomic mass is 32.1. The Morgan fingerprint density at radius 1 is 1.20 bits per heavy atom. The number of thiophene rings is 1. The van der Waals surface area contributed by atoms with Crippen molar-refractivity contribution in [2.45, 2.75) is 13.3 Å². The van der Waals surface area contributed by atoms with Crippen LogP contribution in [0.1, 0.15) is 11.3 Å². The van der Waals surface area contributed by atoms with Gasteiger partial charge < -0.3 is 9.64 Å². The van der Waals surface area contributed by atoms with Crippen LogP contribution >= 0.6 is 22.7 Å². The lowest BCUT2D eigenvalue weighted by atomic mass is 10.2. The topological polar surface area (TPSA) is 42.4 Å². The standard InChI is InChI=1S/C19H20N2O2S2/c1-14-3-5-17(6-4-14)23-9-8-21(2)18(22)11-16-13-25-19(20-16)15-7-10-24-12-15/h3-7,10,12-13H,8-9,11H2,1-2H3. The van der Waals surface area contributed by atoms with Crippen LogP contribution in [0.3, 0.4) is 0 Å². The lowest BCUT2D eigenvalue weighted by Crippen LogP contribution is -2.32. The van der Waals surface area contributed by atoms with Crippen LogP contribution in [0, 0.1) is 6.92 Å². The van der Waals surface area contributed by atoms with Gasteiger partial charge in [0.1, 0.15) is 17.4 Å². The zero-order valence-electron chi connectivity index (χ0n) is 14.3. The maximum Gasteiger partial charge on any atom is 0.228 e. The van der Waals surface area contributed by atoms with Gasteiger partial charge in [0.25, 0.3) is 0 Å². The summed E-state index contributed by atoms with van der Waals surface area (Å²) >= 11 is 3.23. The number of thiazole rings is 1. The molecule has 4 nitrogen and oxygen atoms in total. The smallest absolute Gasteiger partial charge is 0.228 e. The normalized spacial score (nSPS) is 10.6. The number of rotatable bonds is 7. The van der Waals surface area contributed by atoms with Gasteiger partial charge in [-0.15, -0.1) is 11.3 Å². The molecule has 0 atom stereocenters. The maximum absolute atomic E-state index is 12.3. The Hall–Kier alpha value is -2.18. The molecule has 3 aromatic rings. The molecule has 0 fully saturated rings. The molecule has 25 heavy (non-hydrogen) atoms. The largest absolute Gasteiger partial charge is 0.492 e. The molecule has 1 aromatic carbocycles. The molecule has 0 aliphatic heterocycles. The Morgan fingerprint density at radius 2 is 2.00 bits per heavy atom. The van der Waals surface area contributed by atoms with Crippen LogP contribution in [0.4, 0.5) is 0 Å². The third-order valence-electron chi connectivity index (χ3n) is 3.79. The quantitative estimate of drug-likeness (QED) is 0.622. The summed E-state index contributed by atoms with van der Waals surface area (Å²) in [5, 5.41) is 7.03. The number of benzene rings is 1. The van der Waals surface area contributed by atoms with E-state index in [9.17, 15) is 4.79 Å². The highest BCUT2D eigenvalue weighted by Gasteiger charge is 2.13. The molecule has 3 rings (SSSR count). The van der Waals surface area contributed by atoms with Crippen molar-refractivity contribution in [3.8, 4) is 16.3 Å². The molecule has 0 N–H and O–H groups in total.